The van der Waals surface area contributed by atoms with Gasteiger partial charge in [0.2, 0.25) is 0 Å². The summed E-state index contributed by atoms with van der Waals surface area (Å²) >= 11 is 0. The Balaban J connectivity index is 1.35. The quantitative estimate of drug-likeness (QED) is 0.324. The second-order valence-electron chi connectivity index (χ2n) is 10.4. The van der Waals surface area contributed by atoms with Crippen LogP contribution in [-0.4, -0.2) is 0 Å². The first-order valence-electron chi connectivity index (χ1n) is 13.2. The topological polar surface area (TPSA) is 0 Å². The van der Waals surface area contributed by atoms with Crippen molar-refractivity contribution >= 4 is 0 Å². The Morgan fingerprint density at radius 2 is 1.38 bits per heavy atom. The molecule has 4 atom stereocenters. The zero-order valence-corrected chi connectivity index (χ0v) is 20.0. The van der Waals surface area contributed by atoms with Crippen LogP contribution in [0.25, 0.3) is 11.1 Å². The molecule has 4 unspecified atom stereocenters. The predicted octanol–water partition coefficient (Wildman–Crippen LogP) is 9.15. The predicted molar refractivity (Wildman–Crippen MR) is 131 cm³/mol. The number of benzene rings is 2. The van der Waals surface area contributed by atoms with Crippen molar-refractivity contribution in [3.63, 3.8) is 0 Å². The summed E-state index contributed by atoms with van der Waals surface area (Å²) in [4.78, 5) is 0. The van der Waals surface area contributed by atoms with Gasteiger partial charge in [-0.05, 0) is 91.7 Å². The van der Waals surface area contributed by atoms with Crippen LogP contribution in [0.5, 0.6) is 0 Å². The Labute approximate surface area is 193 Å². The molecule has 32 heavy (non-hydrogen) atoms. The summed E-state index contributed by atoms with van der Waals surface area (Å²) in [5.41, 5.74) is 2.96. The number of hydrogen-bond acceptors (Lipinski definition) is 0. The molecule has 2 aliphatic carbocycles. The van der Waals surface area contributed by atoms with Gasteiger partial charge in [-0.1, -0.05) is 75.9 Å². The van der Waals surface area contributed by atoms with Gasteiger partial charge in [0.15, 0.2) is 11.6 Å². The summed E-state index contributed by atoms with van der Waals surface area (Å²) in [6.45, 7) is 4.44. The summed E-state index contributed by atoms with van der Waals surface area (Å²) < 4.78 is 29.3. The Hall–Kier alpha value is -1.70. The molecule has 4 rings (SSSR count). The number of hydrogen-bond donors (Lipinski definition) is 0. The van der Waals surface area contributed by atoms with Crippen molar-refractivity contribution in [2.24, 2.45) is 23.7 Å². The molecule has 0 spiro atoms. The SMILES string of the molecule is CCCCCc1ccc(-c2ccc(CCC3CCC4C(CCC)CCC34)cc2)c(F)c1F. The van der Waals surface area contributed by atoms with E-state index >= 15 is 0 Å². The third-order valence-corrected chi connectivity index (χ3v) is 8.44. The van der Waals surface area contributed by atoms with Crippen molar-refractivity contribution in [1.82, 2.24) is 0 Å². The normalized spacial score (nSPS) is 24.8. The van der Waals surface area contributed by atoms with Crippen LogP contribution in [0.2, 0.25) is 0 Å². The molecule has 0 saturated heterocycles. The molecule has 2 fully saturated rings. The third-order valence-electron chi connectivity index (χ3n) is 8.44. The van der Waals surface area contributed by atoms with Crippen LogP contribution in [0.3, 0.4) is 0 Å². The molecule has 0 amide bonds. The van der Waals surface area contributed by atoms with Gasteiger partial charge < -0.3 is 0 Å². The lowest BCUT2D eigenvalue weighted by atomic mass is 9.85. The fraction of sp³-hybridized carbons (Fsp3) is 0.600. The second-order valence-corrected chi connectivity index (χ2v) is 10.4. The highest BCUT2D eigenvalue weighted by molar-refractivity contribution is 5.65. The molecule has 0 radical (unpaired) electrons. The van der Waals surface area contributed by atoms with Gasteiger partial charge in [0.25, 0.3) is 0 Å². The second kappa shape index (κ2) is 10.9. The molecule has 2 heteroatoms. The largest absolute Gasteiger partial charge is 0.203 e. The molecule has 0 heterocycles. The van der Waals surface area contributed by atoms with E-state index in [0.717, 1.165) is 54.9 Å². The first kappa shape index (κ1) is 23.5. The smallest absolute Gasteiger partial charge is 0.166 e. The molecule has 2 saturated carbocycles. The Kier molecular flexibility index (Phi) is 8.02. The van der Waals surface area contributed by atoms with Crippen molar-refractivity contribution < 1.29 is 8.78 Å². The number of aryl methyl sites for hydroxylation is 2. The van der Waals surface area contributed by atoms with Gasteiger partial charge in [0.05, 0.1) is 0 Å². The minimum Gasteiger partial charge on any atom is -0.203 e. The lowest BCUT2D eigenvalue weighted by Crippen LogP contribution is -2.13. The standard InChI is InChI=1S/C30H40F2/c1-3-5-6-8-25-17-20-28(30(32)29(25)31)24-13-10-21(11-14-24)9-12-23-16-19-26-22(7-4-2)15-18-27(23)26/h10-11,13-14,17,20,22-23,26-27H,3-9,12,15-16,18-19H2,1-2H3. The number of halogens is 2. The molecule has 2 aliphatic rings. The lowest BCUT2D eigenvalue weighted by Gasteiger charge is -2.20. The van der Waals surface area contributed by atoms with Crippen molar-refractivity contribution in [2.45, 2.75) is 90.9 Å². The van der Waals surface area contributed by atoms with Gasteiger partial charge in [-0.15, -0.1) is 0 Å². The highest BCUT2D eigenvalue weighted by Crippen LogP contribution is 2.53. The summed E-state index contributed by atoms with van der Waals surface area (Å²) in [6, 6.07) is 11.7. The summed E-state index contributed by atoms with van der Waals surface area (Å²) in [5, 5.41) is 0. The molecule has 0 aromatic heterocycles. The number of unbranched alkanes of at least 4 members (excludes halogenated alkanes) is 2. The first-order chi connectivity index (χ1) is 15.6. The highest BCUT2D eigenvalue weighted by atomic mass is 19.2. The summed E-state index contributed by atoms with van der Waals surface area (Å²) in [5.74, 6) is 2.45. The fourth-order valence-electron chi connectivity index (χ4n) is 6.70. The lowest BCUT2D eigenvalue weighted by molar-refractivity contribution is 0.294. The highest BCUT2D eigenvalue weighted by Gasteiger charge is 2.43. The molecule has 0 N–H and O–H groups in total. The van der Waals surface area contributed by atoms with E-state index in [1.807, 2.05) is 12.1 Å². The van der Waals surface area contributed by atoms with Crippen LogP contribution in [0.15, 0.2) is 36.4 Å². The van der Waals surface area contributed by atoms with Crippen LogP contribution in [0.4, 0.5) is 8.78 Å². The minimum atomic E-state index is -0.702. The van der Waals surface area contributed by atoms with Crippen LogP contribution in [0.1, 0.15) is 89.2 Å². The van der Waals surface area contributed by atoms with Crippen molar-refractivity contribution in [1.29, 1.82) is 0 Å². The van der Waals surface area contributed by atoms with Crippen LogP contribution in [-0.2, 0) is 12.8 Å². The van der Waals surface area contributed by atoms with E-state index in [2.05, 4.69) is 26.0 Å². The third kappa shape index (κ3) is 5.10. The zero-order chi connectivity index (χ0) is 22.5. The van der Waals surface area contributed by atoms with Gasteiger partial charge in [-0.25, -0.2) is 8.78 Å². The van der Waals surface area contributed by atoms with Gasteiger partial charge in [-0.2, -0.15) is 0 Å². The average molecular weight is 439 g/mol. The van der Waals surface area contributed by atoms with E-state index in [1.165, 1.54) is 50.5 Å². The molecule has 0 aliphatic heterocycles. The maximum Gasteiger partial charge on any atom is 0.166 e. The van der Waals surface area contributed by atoms with Crippen molar-refractivity contribution in [2.75, 3.05) is 0 Å². The number of fused-ring (bicyclic) bond motifs is 1. The molecule has 0 nitrogen and oxygen atoms in total. The van der Waals surface area contributed by atoms with E-state index in [9.17, 15) is 8.78 Å². The fourth-order valence-corrected chi connectivity index (χ4v) is 6.70. The first-order valence-corrected chi connectivity index (χ1v) is 13.2. The molecular weight excluding hydrogens is 398 g/mol. The van der Waals surface area contributed by atoms with Crippen molar-refractivity contribution in [3.8, 4) is 11.1 Å². The maximum atomic E-state index is 14.7. The van der Waals surface area contributed by atoms with E-state index < -0.39 is 11.6 Å². The van der Waals surface area contributed by atoms with Crippen LogP contribution >= 0.6 is 0 Å². The van der Waals surface area contributed by atoms with E-state index in [-0.39, 0.29) is 0 Å². The summed E-state index contributed by atoms with van der Waals surface area (Å²) in [7, 11) is 0. The molecule has 0 bridgehead atoms. The van der Waals surface area contributed by atoms with E-state index in [1.54, 1.807) is 12.1 Å². The van der Waals surface area contributed by atoms with E-state index in [0.29, 0.717) is 17.5 Å². The Morgan fingerprint density at radius 1 is 0.688 bits per heavy atom. The van der Waals surface area contributed by atoms with Crippen LogP contribution in [0, 0.1) is 35.3 Å². The molecule has 2 aromatic rings. The zero-order valence-electron chi connectivity index (χ0n) is 20.0. The average Bonchev–Trinajstić information content (AvgIpc) is 3.39. The summed E-state index contributed by atoms with van der Waals surface area (Å²) in [6.07, 6.45) is 14.5. The Morgan fingerprint density at radius 3 is 2.03 bits per heavy atom. The van der Waals surface area contributed by atoms with Gasteiger partial charge in [0.1, 0.15) is 0 Å². The molecular formula is C30H40F2. The van der Waals surface area contributed by atoms with Gasteiger partial charge >= 0.3 is 0 Å². The maximum absolute atomic E-state index is 14.7. The van der Waals surface area contributed by atoms with Gasteiger partial charge in [-0.3, -0.25) is 0 Å². The monoisotopic (exact) mass is 438 g/mol. The molecule has 174 valence electrons. The minimum absolute atomic E-state index is 0.375. The van der Waals surface area contributed by atoms with Crippen molar-refractivity contribution in [3.05, 3.63) is 59.2 Å². The van der Waals surface area contributed by atoms with E-state index in [4.69, 9.17) is 0 Å². The number of rotatable bonds is 10. The Bertz CT molecular complexity index is 869. The van der Waals surface area contributed by atoms with Crippen LogP contribution < -0.4 is 0 Å². The van der Waals surface area contributed by atoms with Gasteiger partial charge in [0, 0.05) is 5.56 Å². The molecule has 2 aromatic carbocycles.